The molecule has 0 fully saturated rings. The average molecular weight is 357 g/mol. The van der Waals surface area contributed by atoms with Crippen molar-refractivity contribution in [3.8, 4) is 0 Å². The van der Waals surface area contributed by atoms with Crippen LogP contribution in [0.1, 0.15) is 51.8 Å². The van der Waals surface area contributed by atoms with E-state index in [1.54, 1.807) is 6.20 Å². The van der Waals surface area contributed by atoms with Gasteiger partial charge in [0.2, 0.25) is 0 Å². The van der Waals surface area contributed by atoms with Crippen LogP contribution in [0.5, 0.6) is 0 Å². The van der Waals surface area contributed by atoms with Gasteiger partial charge in [0.1, 0.15) is 11.5 Å². The van der Waals surface area contributed by atoms with Crippen molar-refractivity contribution in [2.45, 2.75) is 58.7 Å². The van der Waals surface area contributed by atoms with Gasteiger partial charge in [-0.2, -0.15) is 5.10 Å². The third-order valence-corrected chi connectivity index (χ3v) is 9.22. The lowest BCUT2D eigenvalue weighted by Gasteiger charge is -2.37. The van der Waals surface area contributed by atoms with E-state index in [0.717, 1.165) is 5.56 Å². The Bertz CT molecular complexity index is 556. The summed E-state index contributed by atoms with van der Waals surface area (Å²) in [6.07, 6.45) is 1.56. The second-order valence-electron chi connectivity index (χ2n) is 7.28. The van der Waals surface area contributed by atoms with Crippen LogP contribution in [-0.4, -0.2) is 31.7 Å². The Hall–Kier alpha value is -0.913. The number of hydrogen-bond donors (Lipinski definition) is 0. The van der Waals surface area contributed by atoms with E-state index in [1.807, 2.05) is 6.92 Å². The number of halogens is 1. The van der Waals surface area contributed by atoms with E-state index in [2.05, 4.69) is 57.6 Å². The summed E-state index contributed by atoms with van der Waals surface area (Å²) < 4.78 is 11.8. The van der Waals surface area contributed by atoms with Crippen LogP contribution in [0.4, 0.5) is 0 Å². The molecule has 130 valence electrons. The standard InChI is InChI=1S/C17H29ClN2O2Si/c1-9-21-13(3)16-15(14(18)10-19-20-16)12(2)11-22-23(7,8)17(4,5)6/h10,12H,3,9,11H2,1-2,4-8H3. The summed E-state index contributed by atoms with van der Waals surface area (Å²) in [6.45, 7) is 20.2. The molecule has 4 nitrogen and oxygen atoms in total. The quantitative estimate of drug-likeness (QED) is 0.493. The van der Waals surface area contributed by atoms with Gasteiger partial charge in [-0.25, -0.2) is 0 Å². The molecule has 1 rings (SSSR count). The van der Waals surface area contributed by atoms with Crippen molar-refractivity contribution >= 4 is 25.7 Å². The zero-order valence-electron chi connectivity index (χ0n) is 15.4. The van der Waals surface area contributed by atoms with Crippen LogP contribution in [-0.2, 0) is 9.16 Å². The lowest BCUT2D eigenvalue weighted by atomic mass is 10.0. The van der Waals surface area contributed by atoms with Gasteiger partial charge in [-0.3, -0.25) is 0 Å². The number of ether oxygens (including phenoxy) is 1. The van der Waals surface area contributed by atoms with Crippen molar-refractivity contribution in [2.75, 3.05) is 13.2 Å². The molecule has 1 atom stereocenters. The predicted molar refractivity (Wildman–Crippen MR) is 99.3 cm³/mol. The summed E-state index contributed by atoms with van der Waals surface area (Å²) in [5.74, 6) is 0.580. The van der Waals surface area contributed by atoms with Crippen molar-refractivity contribution in [3.63, 3.8) is 0 Å². The van der Waals surface area contributed by atoms with Crippen LogP contribution in [0.3, 0.4) is 0 Å². The number of hydrogen-bond acceptors (Lipinski definition) is 4. The molecule has 0 aliphatic heterocycles. The highest BCUT2D eigenvalue weighted by atomic mass is 35.5. The van der Waals surface area contributed by atoms with E-state index in [9.17, 15) is 0 Å². The molecule has 0 saturated carbocycles. The smallest absolute Gasteiger partial charge is 0.192 e. The normalized spacial score (nSPS) is 13.7. The molecule has 1 aromatic rings. The first-order chi connectivity index (χ1) is 10.5. The molecule has 0 saturated heterocycles. The Kier molecular flexibility index (Phi) is 6.80. The second-order valence-corrected chi connectivity index (χ2v) is 12.5. The van der Waals surface area contributed by atoms with E-state index >= 15 is 0 Å². The molecule has 0 aliphatic rings. The van der Waals surface area contributed by atoms with E-state index in [4.69, 9.17) is 20.8 Å². The Morgan fingerprint density at radius 3 is 2.52 bits per heavy atom. The zero-order valence-corrected chi connectivity index (χ0v) is 17.1. The SMILES string of the molecule is C=C(OCC)c1nncc(Cl)c1C(C)CO[Si](C)(C)C(C)(C)C. The van der Waals surface area contributed by atoms with E-state index < -0.39 is 8.32 Å². The van der Waals surface area contributed by atoms with Crippen LogP contribution in [0.25, 0.3) is 5.76 Å². The third kappa shape index (κ3) is 5.03. The summed E-state index contributed by atoms with van der Waals surface area (Å²) in [7, 11) is -1.81. The Labute approximate surface area is 146 Å². The minimum absolute atomic E-state index is 0.0827. The number of aromatic nitrogens is 2. The van der Waals surface area contributed by atoms with Crippen molar-refractivity contribution in [2.24, 2.45) is 0 Å². The highest BCUT2D eigenvalue weighted by Crippen LogP contribution is 2.38. The van der Waals surface area contributed by atoms with Crippen molar-refractivity contribution in [3.05, 3.63) is 29.1 Å². The fourth-order valence-corrected chi connectivity index (χ4v) is 3.34. The van der Waals surface area contributed by atoms with Gasteiger partial charge < -0.3 is 9.16 Å². The summed E-state index contributed by atoms with van der Waals surface area (Å²) >= 11 is 6.37. The largest absolute Gasteiger partial charge is 0.492 e. The topological polar surface area (TPSA) is 44.2 Å². The minimum atomic E-state index is -1.81. The molecule has 0 bridgehead atoms. The third-order valence-electron chi connectivity index (χ3n) is 4.42. The van der Waals surface area contributed by atoms with Gasteiger partial charge in [0.25, 0.3) is 0 Å². The Morgan fingerprint density at radius 1 is 1.39 bits per heavy atom. The van der Waals surface area contributed by atoms with E-state index in [-0.39, 0.29) is 11.0 Å². The lowest BCUT2D eigenvalue weighted by Crippen LogP contribution is -2.41. The molecule has 0 N–H and O–H groups in total. The Balaban J connectivity index is 3.00. The van der Waals surface area contributed by atoms with Crippen LogP contribution >= 0.6 is 11.6 Å². The monoisotopic (exact) mass is 356 g/mol. The van der Waals surface area contributed by atoms with Crippen molar-refractivity contribution in [1.82, 2.24) is 10.2 Å². The van der Waals surface area contributed by atoms with Crippen molar-refractivity contribution < 1.29 is 9.16 Å². The minimum Gasteiger partial charge on any atom is -0.492 e. The maximum atomic E-state index is 6.37. The fraction of sp³-hybridized carbons (Fsp3) is 0.647. The summed E-state index contributed by atoms with van der Waals surface area (Å²) in [6, 6.07) is 0. The first kappa shape index (κ1) is 20.1. The van der Waals surface area contributed by atoms with Crippen LogP contribution in [0.2, 0.25) is 23.2 Å². The number of rotatable bonds is 7. The Morgan fingerprint density at radius 2 is 2.00 bits per heavy atom. The molecule has 6 heteroatoms. The van der Waals surface area contributed by atoms with Gasteiger partial charge >= 0.3 is 0 Å². The van der Waals surface area contributed by atoms with Gasteiger partial charge in [-0.1, -0.05) is 45.9 Å². The maximum absolute atomic E-state index is 6.37. The van der Waals surface area contributed by atoms with Gasteiger partial charge in [-0.05, 0) is 25.1 Å². The maximum Gasteiger partial charge on any atom is 0.192 e. The van der Waals surface area contributed by atoms with Crippen LogP contribution in [0, 0.1) is 0 Å². The fourth-order valence-electron chi connectivity index (χ4n) is 1.92. The van der Waals surface area contributed by atoms with E-state index in [0.29, 0.717) is 29.7 Å². The first-order valence-corrected chi connectivity index (χ1v) is 11.3. The molecule has 1 unspecified atom stereocenters. The molecular weight excluding hydrogens is 328 g/mol. The molecule has 0 amide bonds. The zero-order chi connectivity index (χ0) is 17.8. The first-order valence-electron chi connectivity index (χ1n) is 7.98. The molecule has 1 heterocycles. The molecule has 23 heavy (non-hydrogen) atoms. The molecular formula is C17H29ClN2O2Si. The van der Waals surface area contributed by atoms with Crippen molar-refractivity contribution in [1.29, 1.82) is 0 Å². The van der Waals surface area contributed by atoms with Crippen LogP contribution in [0.15, 0.2) is 12.8 Å². The predicted octanol–water partition coefficient (Wildman–Crippen LogP) is 5.26. The van der Waals surface area contributed by atoms with Gasteiger partial charge in [0.15, 0.2) is 8.32 Å². The molecule has 0 radical (unpaired) electrons. The highest BCUT2D eigenvalue weighted by Gasteiger charge is 2.37. The van der Waals surface area contributed by atoms with E-state index in [1.165, 1.54) is 0 Å². The molecule has 0 aromatic carbocycles. The molecule has 0 aliphatic carbocycles. The van der Waals surface area contributed by atoms with Gasteiger partial charge in [0.05, 0.1) is 17.8 Å². The average Bonchev–Trinajstić information content (AvgIpc) is 2.43. The lowest BCUT2D eigenvalue weighted by molar-refractivity contribution is 0.267. The van der Waals surface area contributed by atoms with Crippen LogP contribution < -0.4 is 0 Å². The highest BCUT2D eigenvalue weighted by molar-refractivity contribution is 6.74. The number of nitrogens with zero attached hydrogens (tertiary/aromatic N) is 2. The van der Waals surface area contributed by atoms with Gasteiger partial charge in [-0.15, -0.1) is 5.10 Å². The summed E-state index contributed by atoms with van der Waals surface area (Å²) in [5.41, 5.74) is 1.50. The molecule has 1 aromatic heterocycles. The summed E-state index contributed by atoms with van der Waals surface area (Å²) in [4.78, 5) is 0. The van der Waals surface area contributed by atoms with Gasteiger partial charge in [0, 0.05) is 18.1 Å². The second kappa shape index (κ2) is 7.77. The summed E-state index contributed by atoms with van der Waals surface area (Å²) in [5, 5.41) is 8.84. The molecule has 0 spiro atoms.